The molecule has 6 nitrogen and oxygen atoms in total. The molecule has 1 aromatic carbocycles. The Morgan fingerprint density at radius 2 is 1.92 bits per heavy atom. The molecular formula is C18H16BrN3O3S. The Bertz CT molecular complexity index is 1090. The Hall–Kier alpha value is -2.19. The third kappa shape index (κ3) is 3.03. The molecule has 4 rings (SSSR count). The average Bonchev–Trinajstić information content (AvgIpc) is 3.08. The molecule has 0 spiro atoms. The standard InChI is InChI=1S/C18H16BrN3O3S/c19-11-9-15(26-10-11)17(24)21-7-5-12(6-8-21)22-16(23)13-3-1-2-4-14(13)20-18(22)25/h1-4,9-10,12H,5-8H2,(H,20,25). The van der Waals surface area contributed by atoms with E-state index in [-0.39, 0.29) is 23.2 Å². The van der Waals surface area contributed by atoms with Crippen LogP contribution in [0.15, 0.2) is 49.8 Å². The normalized spacial score (nSPS) is 15.5. The number of thiophene rings is 1. The Kier molecular flexibility index (Phi) is 4.54. The van der Waals surface area contributed by atoms with Gasteiger partial charge in [0.05, 0.1) is 15.8 Å². The van der Waals surface area contributed by atoms with Crippen molar-refractivity contribution >= 4 is 44.1 Å². The molecule has 3 aromatic rings. The quantitative estimate of drug-likeness (QED) is 0.674. The van der Waals surface area contributed by atoms with Crippen molar-refractivity contribution in [1.82, 2.24) is 14.5 Å². The molecule has 1 saturated heterocycles. The Labute approximate surface area is 161 Å². The number of carbonyl (C=O) groups is 1. The fourth-order valence-corrected chi connectivity index (χ4v) is 4.81. The molecule has 1 aliphatic rings. The van der Waals surface area contributed by atoms with Crippen LogP contribution >= 0.6 is 27.3 Å². The van der Waals surface area contributed by atoms with E-state index in [1.807, 2.05) is 11.4 Å². The van der Waals surface area contributed by atoms with Crippen LogP contribution in [-0.2, 0) is 0 Å². The summed E-state index contributed by atoms with van der Waals surface area (Å²) in [5.74, 6) is -0.00100. The number of benzene rings is 1. The van der Waals surface area contributed by atoms with Gasteiger partial charge in [-0.1, -0.05) is 12.1 Å². The van der Waals surface area contributed by atoms with Crippen molar-refractivity contribution in [3.05, 3.63) is 65.9 Å². The number of likely N-dealkylation sites (tertiary alicyclic amines) is 1. The molecule has 0 aliphatic carbocycles. The van der Waals surface area contributed by atoms with E-state index in [1.54, 1.807) is 29.2 Å². The number of hydrogen-bond donors (Lipinski definition) is 1. The first kappa shape index (κ1) is 17.2. The summed E-state index contributed by atoms with van der Waals surface area (Å²) in [4.78, 5) is 43.0. The number of nitrogens with one attached hydrogen (secondary N) is 1. The summed E-state index contributed by atoms with van der Waals surface area (Å²) < 4.78 is 2.21. The maximum Gasteiger partial charge on any atom is 0.329 e. The highest BCUT2D eigenvalue weighted by Crippen LogP contribution is 2.25. The highest BCUT2D eigenvalue weighted by molar-refractivity contribution is 9.10. The summed E-state index contributed by atoms with van der Waals surface area (Å²) in [6.45, 7) is 1.05. The molecule has 0 atom stereocenters. The molecule has 134 valence electrons. The van der Waals surface area contributed by atoms with Crippen molar-refractivity contribution in [2.45, 2.75) is 18.9 Å². The highest BCUT2D eigenvalue weighted by atomic mass is 79.9. The smallest absolute Gasteiger partial charge is 0.329 e. The van der Waals surface area contributed by atoms with Gasteiger partial charge in [0, 0.05) is 29.0 Å². The summed E-state index contributed by atoms with van der Waals surface area (Å²) in [5, 5.41) is 2.39. The fraction of sp³-hybridized carbons (Fsp3) is 0.278. The Morgan fingerprint density at radius 3 is 2.62 bits per heavy atom. The topological polar surface area (TPSA) is 75.2 Å². The number of para-hydroxylation sites is 1. The number of amides is 1. The first-order valence-corrected chi connectivity index (χ1v) is 9.99. The number of rotatable bonds is 2. The molecule has 1 aliphatic heterocycles. The molecule has 0 saturated carbocycles. The molecule has 8 heteroatoms. The second-order valence-corrected chi connectivity index (χ2v) is 8.13. The molecule has 0 radical (unpaired) electrons. The van der Waals surface area contributed by atoms with Gasteiger partial charge in [-0.3, -0.25) is 14.2 Å². The second-order valence-electron chi connectivity index (χ2n) is 6.30. The van der Waals surface area contributed by atoms with Gasteiger partial charge in [0.1, 0.15) is 0 Å². The summed E-state index contributed by atoms with van der Waals surface area (Å²) in [7, 11) is 0. The van der Waals surface area contributed by atoms with Crippen molar-refractivity contribution in [2.75, 3.05) is 13.1 Å². The molecule has 1 amide bonds. The number of aromatic nitrogens is 2. The SMILES string of the molecule is O=C(c1cc(Br)cs1)N1CCC(n2c(=O)[nH]c3ccccc3c2=O)CC1. The zero-order valence-corrected chi connectivity index (χ0v) is 16.2. The highest BCUT2D eigenvalue weighted by Gasteiger charge is 2.27. The minimum absolute atomic E-state index is 0.00100. The summed E-state index contributed by atoms with van der Waals surface area (Å²) in [6, 6.07) is 8.63. The van der Waals surface area contributed by atoms with Crippen molar-refractivity contribution in [1.29, 1.82) is 0 Å². The van der Waals surface area contributed by atoms with Gasteiger partial charge in [-0.05, 0) is 47.0 Å². The van der Waals surface area contributed by atoms with Crippen LogP contribution in [0.2, 0.25) is 0 Å². The lowest BCUT2D eigenvalue weighted by atomic mass is 10.0. The number of piperidine rings is 1. The van der Waals surface area contributed by atoms with E-state index >= 15 is 0 Å². The maximum absolute atomic E-state index is 12.7. The van der Waals surface area contributed by atoms with E-state index in [2.05, 4.69) is 20.9 Å². The van der Waals surface area contributed by atoms with Crippen LogP contribution in [0.25, 0.3) is 10.9 Å². The van der Waals surface area contributed by atoms with E-state index in [1.165, 1.54) is 15.9 Å². The lowest BCUT2D eigenvalue weighted by Crippen LogP contribution is -2.44. The largest absolute Gasteiger partial charge is 0.338 e. The number of H-pyrrole nitrogens is 1. The minimum atomic E-state index is -0.388. The van der Waals surface area contributed by atoms with E-state index in [0.717, 1.165) is 4.47 Å². The third-order valence-electron chi connectivity index (χ3n) is 4.73. The molecule has 26 heavy (non-hydrogen) atoms. The van der Waals surface area contributed by atoms with E-state index in [9.17, 15) is 14.4 Å². The zero-order valence-electron chi connectivity index (χ0n) is 13.8. The van der Waals surface area contributed by atoms with Gasteiger partial charge in [-0.15, -0.1) is 11.3 Å². The van der Waals surface area contributed by atoms with Crippen LogP contribution in [-0.4, -0.2) is 33.4 Å². The predicted molar refractivity (Wildman–Crippen MR) is 105 cm³/mol. The number of carbonyl (C=O) groups excluding carboxylic acids is 1. The lowest BCUT2D eigenvalue weighted by Gasteiger charge is -2.32. The number of fused-ring (bicyclic) bond motifs is 1. The van der Waals surface area contributed by atoms with Gasteiger partial charge >= 0.3 is 5.69 Å². The van der Waals surface area contributed by atoms with Crippen LogP contribution in [0.4, 0.5) is 0 Å². The first-order chi connectivity index (χ1) is 12.5. The Balaban J connectivity index is 1.57. The Morgan fingerprint density at radius 1 is 1.19 bits per heavy atom. The first-order valence-electron chi connectivity index (χ1n) is 8.31. The summed E-state index contributed by atoms with van der Waals surface area (Å²) in [6.07, 6.45) is 1.17. The van der Waals surface area contributed by atoms with E-state index < -0.39 is 0 Å². The van der Waals surface area contributed by atoms with E-state index in [4.69, 9.17) is 0 Å². The van der Waals surface area contributed by atoms with Gasteiger partial charge in [-0.2, -0.15) is 0 Å². The van der Waals surface area contributed by atoms with Crippen molar-refractivity contribution in [2.24, 2.45) is 0 Å². The number of aromatic amines is 1. The predicted octanol–water partition coefficient (Wildman–Crippen LogP) is 2.99. The number of nitrogens with zero attached hydrogens (tertiary/aromatic N) is 2. The van der Waals surface area contributed by atoms with Crippen LogP contribution in [0.3, 0.4) is 0 Å². The molecule has 3 heterocycles. The monoisotopic (exact) mass is 433 g/mol. The van der Waals surface area contributed by atoms with Crippen LogP contribution in [0.5, 0.6) is 0 Å². The van der Waals surface area contributed by atoms with Crippen LogP contribution in [0, 0.1) is 0 Å². The fourth-order valence-electron chi connectivity index (χ4n) is 3.42. The minimum Gasteiger partial charge on any atom is -0.338 e. The molecule has 2 aromatic heterocycles. The van der Waals surface area contributed by atoms with Crippen molar-refractivity contribution in [3.8, 4) is 0 Å². The molecule has 1 fully saturated rings. The van der Waals surface area contributed by atoms with Gasteiger partial charge in [0.15, 0.2) is 0 Å². The lowest BCUT2D eigenvalue weighted by molar-refractivity contribution is 0.0697. The van der Waals surface area contributed by atoms with Gasteiger partial charge in [0.2, 0.25) is 0 Å². The van der Waals surface area contributed by atoms with Crippen LogP contribution in [0.1, 0.15) is 28.6 Å². The molecule has 0 bridgehead atoms. The van der Waals surface area contributed by atoms with Gasteiger partial charge in [-0.25, -0.2) is 4.79 Å². The molecule has 1 N–H and O–H groups in total. The van der Waals surface area contributed by atoms with Crippen LogP contribution < -0.4 is 11.2 Å². The third-order valence-corrected chi connectivity index (χ3v) is 6.41. The van der Waals surface area contributed by atoms with Gasteiger partial charge in [0.25, 0.3) is 11.5 Å². The average molecular weight is 434 g/mol. The second kappa shape index (κ2) is 6.85. The van der Waals surface area contributed by atoms with Crippen molar-refractivity contribution < 1.29 is 4.79 Å². The molecule has 0 unspecified atom stereocenters. The number of halogens is 1. The van der Waals surface area contributed by atoms with Crippen molar-refractivity contribution in [3.63, 3.8) is 0 Å². The summed E-state index contributed by atoms with van der Waals surface area (Å²) >= 11 is 4.77. The maximum atomic E-state index is 12.7. The molecular weight excluding hydrogens is 418 g/mol. The summed E-state index contributed by atoms with van der Waals surface area (Å²) in [5.41, 5.74) is -0.105. The number of hydrogen-bond acceptors (Lipinski definition) is 4. The van der Waals surface area contributed by atoms with E-state index in [0.29, 0.717) is 41.7 Å². The zero-order chi connectivity index (χ0) is 18.3. The van der Waals surface area contributed by atoms with Gasteiger partial charge < -0.3 is 9.88 Å².